The molecular formula is C13H11N3O2. The van der Waals surface area contributed by atoms with Crippen molar-refractivity contribution in [1.82, 2.24) is 4.98 Å². The predicted molar refractivity (Wildman–Crippen MR) is 70.3 cm³/mol. The van der Waals surface area contributed by atoms with Crippen LogP contribution in [0.4, 0.5) is 11.4 Å². The molecule has 1 N–H and O–H groups in total. The fourth-order valence-corrected chi connectivity index (χ4v) is 1.76. The van der Waals surface area contributed by atoms with Crippen LogP contribution in [0.25, 0.3) is 10.8 Å². The molecule has 0 unspecified atom stereocenters. The van der Waals surface area contributed by atoms with E-state index in [-0.39, 0.29) is 5.69 Å². The van der Waals surface area contributed by atoms with Gasteiger partial charge in [0.1, 0.15) is 0 Å². The first-order valence-electron chi connectivity index (χ1n) is 5.42. The monoisotopic (exact) mass is 241 g/mol. The highest BCUT2D eigenvalue weighted by Gasteiger charge is 2.13. The molecule has 2 aromatic rings. The lowest BCUT2D eigenvalue weighted by Gasteiger charge is -2.08. The van der Waals surface area contributed by atoms with E-state index in [0.29, 0.717) is 18.4 Å². The summed E-state index contributed by atoms with van der Waals surface area (Å²) in [6, 6.07) is 4.92. The van der Waals surface area contributed by atoms with Gasteiger partial charge in [-0.1, -0.05) is 0 Å². The molecule has 0 aliphatic carbocycles. The highest BCUT2D eigenvalue weighted by atomic mass is 16.6. The van der Waals surface area contributed by atoms with E-state index in [9.17, 15) is 10.1 Å². The molecule has 1 aromatic carbocycles. The fourth-order valence-electron chi connectivity index (χ4n) is 1.76. The van der Waals surface area contributed by atoms with E-state index in [1.165, 1.54) is 12.3 Å². The average molecular weight is 241 g/mol. The topological polar surface area (TPSA) is 68.1 Å². The number of benzene rings is 1. The zero-order chi connectivity index (χ0) is 13.0. The van der Waals surface area contributed by atoms with Gasteiger partial charge in [0.25, 0.3) is 5.69 Å². The van der Waals surface area contributed by atoms with Gasteiger partial charge in [0.2, 0.25) is 0 Å². The van der Waals surface area contributed by atoms with Crippen LogP contribution in [0.15, 0.2) is 30.6 Å². The summed E-state index contributed by atoms with van der Waals surface area (Å²) < 4.78 is 0. The second-order valence-electron chi connectivity index (χ2n) is 3.69. The van der Waals surface area contributed by atoms with Gasteiger partial charge in [0.05, 0.1) is 10.3 Å². The Morgan fingerprint density at radius 2 is 2.22 bits per heavy atom. The van der Waals surface area contributed by atoms with Gasteiger partial charge in [0.15, 0.2) is 0 Å². The van der Waals surface area contributed by atoms with E-state index >= 15 is 0 Å². The molecule has 0 atom stereocenters. The van der Waals surface area contributed by atoms with Crippen molar-refractivity contribution in [2.45, 2.75) is 6.42 Å². The van der Waals surface area contributed by atoms with Crippen molar-refractivity contribution in [3.63, 3.8) is 0 Å². The Bertz CT molecular complexity index is 632. The quantitative estimate of drug-likeness (QED) is 0.386. The summed E-state index contributed by atoms with van der Waals surface area (Å²) in [6.07, 6.45) is 8.89. The third-order valence-electron chi connectivity index (χ3n) is 2.58. The number of anilines is 1. The van der Waals surface area contributed by atoms with Crippen LogP contribution in [-0.4, -0.2) is 16.5 Å². The zero-order valence-corrected chi connectivity index (χ0v) is 9.59. The van der Waals surface area contributed by atoms with E-state index < -0.39 is 4.92 Å². The SMILES string of the molecule is C#CCCNc1ccc([N+](=O)[O-])c2cnccc12. The number of nitrogens with one attached hydrogen (secondary N) is 1. The molecule has 2 rings (SSSR count). The van der Waals surface area contributed by atoms with Gasteiger partial charge in [-0.3, -0.25) is 15.1 Å². The molecule has 0 spiro atoms. The van der Waals surface area contributed by atoms with Crippen LogP contribution in [0.1, 0.15) is 6.42 Å². The molecule has 90 valence electrons. The molecule has 0 aliphatic rings. The maximum Gasteiger partial charge on any atom is 0.278 e. The summed E-state index contributed by atoms with van der Waals surface area (Å²) in [5, 5.41) is 15.4. The Morgan fingerprint density at radius 3 is 2.94 bits per heavy atom. The number of hydrogen-bond acceptors (Lipinski definition) is 4. The number of nitrogens with zero attached hydrogens (tertiary/aromatic N) is 2. The van der Waals surface area contributed by atoms with Gasteiger partial charge < -0.3 is 5.32 Å². The minimum absolute atomic E-state index is 0.0561. The van der Waals surface area contributed by atoms with Gasteiger partial charge in [-0.25, -0.2) is 0 Å². The summed E-state index contributed by atoms with van der Waals surface area (Å²) in [5.41, 5.74) is 0.883. The first-order chi connectivity index (χ1) is 8.74. The van der Waals surface area contributed by atoms with Gasteiger partial charge in [-0.15, -0.1) is 12.3 Å². The van der Waals surface area contributed by atoms with Crippen LogP contribution in [-0.2, 0) is 0 Å². The summed E-state index contributed by atoms with van der Waals surface area (Å²) in [6.45, 7) is 0.631. The molecule has 0 bridgehead atoms. The first-order valence-corrected chi connectivity index (χ1v) is 5.42. The molecule has 1 heterocycles. The third kappa shape index (κ3) is 2.23. The highest BCUT2D eigenvalue weighted by molar-refractivity contribution is 5.99. The van der Waals surface area contributed by atoms with Crippen LogP contribution in [0.5, 0.6) is 0 Å². The Hall–Kier alpha value is -2.61. The molecule has 0 aliphatic heterocycles. The van der Waals surface area contributed by atoms with Crippen LogP contribution in [0.2, 0.25) is 0 Å². The molecule has 0 radical (unpaired) electrons. The Balaban J connectivity index is 2.48. The molecule has 18 heavy (non-hydrogen) atoms. The van der Waals surface area contributed by atoms with Crippen molar-refractivity contribution in [3.05, 3.63) is 40.7 Å². The van der Waals surface area contributed by atoms with E-state index in [4.69, 9.17) is 6.42 Å². The van der Waals surface area contributed by atoms with Crippen molar-refractivity contribution in [2.75, 3.05) is 11.9 Å². The standard InChI is InChI=1S/C13H11N3O2/c1-2-3-7-15-12-4-5-13(16(17)18)11-9-14-8-6-10(11)12/h1,4-6,8-9,15H,3,7H2. The number of terminal acetylenes is 1. The fraction of sp³-hybridized carbons (Fsp3) is 0.154. The van der Waals surface area contributed by atoms with E-state index in [1.54, 1.807) is 18.3 Å². The lowest BCUT2D eigenvalue weighted by atomic mass is 10.1. The van der Waals surface area contributed by atoms with Crippen molar-refractivity contribution >= 4 is 22.1 Å². The van der Waals surface area contributed by atoms with Gasteiger partial charge in [-0.2, -0.15) is 0 Å². The van der Waals surface area contributed by atoms with Gasteiger partial charge in [-0.05, 0) is 12.1 Å². The molecule has 0 saturated heterocycles. The highest BCUT2D eigenvalue weighted by Crippen LogP contribution is 2.30. The third-order valence-corrected chi connectivity index (χ3v) is 2.58. The van der Waals surface area contributed by atoms with E-state index in [1.807, 2.05) is 0 Å². The maximum absolute atomic E-state index is 10.9. The van der Waals surface area contributed by atoms with Crippen molar-refractivity contribution < 1.29 is 4.92 Å². The van der Waals surface area contributed by atoms with E-state index in [0.717, 1.165) is 11.1 Å². The van der Waals surface area contributed by atoms with Crippen molar-refractivity contribution in [1.29, 1.82) is 0 Å². The molecule has 5 heteroatoms. The van der Waals surface area contributed by atoms with E-state index in [2.05, 4.69) is 16.2 Å². The van der Waals surface area contributed by atoms with Gasteiger partial charge >= 0.3 is 0 Å². The second kappa shape index (κ2) is 5.15. The molecule has 5 nitrogen and oxygen atoms in total. The van der Waals surface area contributed by atoms with Crippen LogP contribution < -0.4 is 5.32 Å². The number of hydrogen-bond donors (Lipinski definition) is 1. The van der Waals surface area contributed by atoms with Crippen LogP contribution in [0, 0.1) is 22.5 Å². The predicted octanol–water partition coefficient (Wildman–Crippen LogP) is 2.58. The normalized spacial score (nSPS) is 9.94. The Labute approximate surface area is 104 Å². The number of aromatic nitrogens is 1. The molecule has 0 amide bonds. The summed E-state index contributed by atoms with van der Waals surface area (Å²) in [7, 11) is 0. The summed E-state index contributed by atoms with van der Waals surface area (Å²) >= 11 is 0. The lowest BCUT2D eigenvalue weighted by Crippen LogP contribution is -2.01. The number of rotatable bonds is 4. The molecular weight excluding hydrogens is 230 g/mol. The zero-order valence-electron chi connectivity index (χ0n) is 9.59. The lowest BCUT2D eigenvalue weighted by molar-refractivity contribution is -0.383. The Kier molecular flexibility index (Phi) is 3.39. The number of nitro benzene ring substituents is 1. The smallest absolute Gasteiger partial charge is 0.278 e. The number of fused-ring (bicyclic) bond motifs is 1. The average Bonchev–Trinajstić information content (AvgIpc) is 2.38. The Morgan fingerprint density at radius 1 is 1.39 bits per heavy atom. The first kappa shape index (κ1) is 11.9. The second-order valence-corrected chi connectivity index (χ2v) is 3.69. The minimum atomic E-state index is -0.408. The maximum atomic E-state index is 10.9. The number of non-ortho nitro benzene ring substituents is 1. The molecule has 0 fully saturated rings. The summed E-state index contributed by atoms with van der Waals surface area (Å²) in [5.74, 6) is 2.53. The van der Waals surface area contributed by atoms with Crippen LogP contribution in [0.3, 0.4) is 0 Å². The number of nitro groups is 1. The molecule has 1 aromatic heterocycles. The largest absolute Gasteiger partial charge is 0.384 e. The summed E-state index contributed by atoms with van der Waals surface area (Å²) in [4.78, 5) is 14.4. The number of pyridine rings is 1. The van der Waals surface area contributed by atoms with Crippen LogP contribution >= 0.6 is 0 Å². The van der Waals surface area contributed by atoms with Crippen molar-refractivity contribution in [3.8, 4) is 12.3 Å². The molecule has 0 saturated carbocycles. The van der Waals surface area contributed by atoms with Crippen molar-refractivity contribution in [2.24, 2.45) is 0 Å². The minimum Gasteiger partial charge on any atom is -0.384 e. The van der Waals surface area contributed by atoms with Gasteiger partial charge in [0, 0.05) is 42.5 Å².